The highest BCUT2D eigenvalue weighted by molar-refractivity contribution is 7.15. The SMILES string of the molecule is CCNCc1sc(-c2cc(F)ccc2C)nc1CC(C)C. The number of hydrogen-bond donors (Lipinski definition) is 1. The van der Waals surface area contributed by atoms with Crippen molar-refractivity contribution in [2.45, 2.75) is 40.7 Å². The van der Waals surface area contributed by atoms with Crippen LogP contribution in [0.1, 0.15) is 36.9 Å². The normalized spacial score (nSPS) is 11.3. The lowest BCUT2D eigenvalue weighted by Gasteiger charge is -2.05. The Kier molecular flexibility index (Phi) is 5.48. The van der Waals surface area contributed by atoms with Crippen molar-refractivity contribution in [3.05, 3.63) is 40.2 Å². The minimum atomic E-state index is -0.204. The Labute approximate surface area is 130 Å². The average molecular weight is 306 g/mol. The Bertz CT molecular complexity index is 605. The molecule has 114 valence electrons. The Morgan fingerprint density at radius 1 is 1.33 bits per heavy atom. The first-order chi connectivity index (χ1) is 10.0. The van der Waals surface area contributed by atoms with Gasteiger partial charge < -0.3 is 5.32 Å². The van der Waals surface area contributed by atoms with Crippen LogP contribution in [0.2, 0.25) is 0 Å². The second-order valence-electron chi connectivity index (χ2n) is 5.73. The second kappa shape index (κ2) is 7.14. The van der Waals surface area contributed by atoms with Crippen LogP contribution in [-0.4, -0.2) is 11.5 Å². The molecule has 0 atom stereocenters. The zero-order chi connectivity index (χ0) is 15.4. The third kappa shape index (κ3) is 4.11. The van der Waals surface area contributed by atoms with Gasteiger partial charge in [-0.3, -0.25) is 0 Å². The summed E-state index contributed by atoms with van der Waals surface area (Å²) in [4.78, 5) is 6.06. The minimum absolute atomic E-state index is 0.204. The zero-order valence-electron chi connectivity index (χ0n) is 13.2. The van der Waals surface area contributed by atoms with Crippen molar-refractivity contribution in [2.24, 2.45) is 5.92 Å². The fourth-order valence-electron chi connectivity index (χ4n) is 2.25. The van der Waals surface area contributed by atoms with E-state index in [1.54, 1.807) is 17.4 Å². The maximum Gasteiger partial charge on any atom is 0.124 e. The average Bonchev–Trinajstić information content (AvgIpc) is 2.81. The summed E-state index contributed by atoms with van der Waals surface area (Å²) in [6.45, 7) is 10.3. The van der Waals surface area contributed by atoms with Gasteiger partial charge in [-0.1, -0.05) is 26.8 Å². The summed E-state index contributed by atoms with van der Waals surface area (Å²) in [5, 5.41) is 4.29. The van der Waals surface area contributed by atoms with E-state index in [-0.39, 0.29) is 5.82 Å². The van der Waals surface area contributed by atoms with Gasteiger partial charge in [-0.15, -0.1) is 11.3 Å². The highest BCUT2D eigenvalue weighted by atomic mass is 32.1. The summed E-state index contributed by atoms with van der Waals surface area (Å²) < 4.78 is 13.5. The Balaban J connectivity index is 2.39. The van der Waals surface area contributed by atoms with Gasteiger partial charge in [0.15, 0.2) is 0 Å². The molecule has 0 aliphatic carbocycles. The van der Waals surface area contributed by atoms with Crippen LogP contribution < -0.4 is 5.32 Å². The van der Waals surface area contributed by atoms with E-state index < -0.39 is 0 Å². The first kappa shape index (κ1) is 16.1. The first-order valence-electron chi connectivity index (χ1n) is 7.47. The van der Waals surface area contributed by atoms with Crippen LogP contribution in [-0.2, 0) is 13.0 Å². The van der Waals surface area contributed by atoms with E-state index in [1.165, 1.54) is 10.9 Å². The van der Waals surface area contributed by atoms with Crippen molar-refractivity contribution >= 4 is 11.3 Å². The number of rotatable bonds is 6. The molecule has 0 aliphatic rings. The maximum atomic E-state index is 13.5. The molecule has 1 N–H and O–H groups in total. The Morgan fingerprint density at radius 3 is 2.76 bits per heavy atom. The van der Waals surface area contributed by atoms with Crippen LogP contribution in [0.15, 0.2) is 18.2 Å². The van der Waals surface area contributed by atoms with Crippen LogP contribution in [0.3, 0.4) is 0 Å². The molecule has 1 aromatic carbocycles. The fourth-order valence-corrected chi connectivity index (χ4v) is 3.39. The van der Waals surface area contributed by atoms with Gasteiger partial charge in [0.1, 0.15) is 10.8 Å². The summed E-state index contributed by atoms with van der Waals surface area (Å²) in [6.07, 6.45) is 0.964. The Morgan fingerprint density at radius 2 is 2.10 bits per heavy atom. The zero-order valence-corrected chi connectivity index (χ0v) is 14.0. The molecular formula is C17H23FN2S. The molecular weight excluding hydrogens is 283 g/mol. The lowest BCUT2D eigenvalue weighted by atomic mass is 10.1. The Hall–Kier alpha value is -1.26. The number of halogens is 1. The van der Waals surface area contributed by atoms with Crippen LogP contribution >= 0.6 is 11.3 Å². The highest BCUT2D eigenvalue weighted by Crippen LogP contribution is 2.32. The summed E-state index contributed by atoms with van der Waals surface area (Å²) in [7, 11) is 0. The van der Waals surface area contributed by atoms with Crippen LogP contribution in [0.5, 0.6) is 0 Å². The first-order valence-corrected chi connectivity index (χ1v) is 8.28. The fraction of sp³-hybridized carbons (Fsp3) is 0.471. The predicted octanol–water partition coefficient (Wildman–Crippen LogP) is 4.57. The van der Waals surface area contributed by atoms with Crippen molar-refractivity contribution in [3.63, 3.8) is 0 Å². The van der Waals surface area contributed by atoms with E-state index >= 15 is 0 Å². The summed E-state index contributed by atoms with van der Waals surface area (Å²) in [5.41, 5.74) is 3.12. The van der Waals surface area contributed by atoms with Gasteiger partial charge in [-0.05, 0) is 43.5 Å². The highest BCUT2D eigenvalue weighted by Gasteiger charge is 2.15. The second-order valence-corrected chi connectivity index (χ2v) is 6.81. The maximum absolute atomic E-state index is 13.5. The van der Waals surface area contributed by atoms with Gasteiger partial charge in [-0.25, -0.2) is 9.37 Å². The van der Waals surface area contributed by atoms with Gasteiger partial charge in [0.25, 0.3) is 0 Å². The molecule has 0 bridgehead atoms. The molecule has 21 heavy (non-hydrogen) atoms. The quantitative estimate of drug-likeness (QED) is 0.846. The minimum Gasteiger partial charge on any atom is -0.312 e. The van der Waals surface area contributed by atoms with E-state index in [9.17, 15) is 4.39 Å². The van der Waals surface area contributed by atoms with Gasteiger partial charge >= 0.3 is 0 Å². The molecule has 0 unspecified atom stereocenters. The monoisotopic (exact) mass is 306 g/mol. The predicted molar refractivity (Wildman–Crippen MR) is 88.2 cm³/mol. The summed E-state index contributed by atoms with van der Waals surface area (Å²) >= 11 is 1.68. The number of nitrogens with one attached hydrogen (secondary N) is 1. The smallest absolute Gasteiger partial charge is 0.124 e. The molecule has 0 saturated heterocycles. The number of hydrogen-bond acceptors (Lipinski definition) is 3. The van der Waals surface area contributed by atoms with Gasteiger partial charge in [0, 0.05) is 17.0 Å². The van der Waals surface area contributed by atoms with Crippen LogP contribution in [0, 0.1) is 18.7 Å². The molecule has 2 nitrogen and oxygen atoms in total. The van der Waals surface area contributed by atoms with Crippen molar-refractivity contribution in [1.82, 2.24) is 10.3 Å². The number of benzene rings is 1. The van der Waals surface area contributed by atoms with Crippen molar-refractivity contribution < 1.29 is 4.39 Å². The summed E-state index contributed by atoms with van der Waals surface area (Å²) in [6, 6.07) is 4.91. The lowest BCUT2D eigenvalue weighted by molar-refractivity contribution is 0.626. The number of nitrogens with zero attached hydrogens (tertiary/aromatic N) is 1. The van der Waals surface area contributed by atoms with E-state index in [0.717, 1.165) is 41.3 Å². The molecule has 0 amide bonds. The lowest BCUT2D eigenvalue weighted by Crippen LogP contribution is -2.12. The molecule has 4 heteroatoms. The van der Waals surface area contributed by atoms with E-state index in [0.29, 0.717) is 5.92 Å². The van der Waals surface area contributed by atoms with Crippen molar-refractivity contribution in [2.75, 3.05) is 6.54 Å². The molecule has 0 fully saturated rings. The molecule has 0 spiro atoms. The number of aryl methyl sites for hydroxylation is 1. The molecule has 1 aromatic heterocycles. The number of aromatic nitrogens is 1. The molecule has 1 heterocycles. The van der Waals surface area contributed by atoms with Crippen molar-refractivity contribution in [3.8, 4) is 10.6 Å². The standard InChI is InChI=1S/C17H23FN2S/c1-5-19-10-16-15(8-11(2)3)20-17(21-16)14-9-13(18)7-6-12(14)4/h6-7,9,11,19H,5,8,10H2,1-4H3. The van der Waals surface area contributed by atoms with Gasteiger partial charge in [-0.2, -0.15) is 0 Å². The molecule has 2 rings (SSSR count). The van der Waals surface area contributed by atoms with Crippen LogP contribution in [0.25, 0.3) is 10.6 Å². The van der Waals surface area contributed by atoms with Crippen LogP contribution in [0.4, 0.5) is 4.39 Å². The van der Waals surface area contributed by atoms with E-state index in [4.69, 9.17) is 4.98 Å². The molecule has 2 aromatic rings. The van der Waals surface area contributed by atoms with E-state index in [2.05, 4.69) is 26.1 Å². The van der Waals surface area contributed by atoms with Gasteiger partial charge in [0.05, 0.1) is 5.69 Å². The molecule has 0 saturated carbocycles. The third-order valence-electron chi connectivity index (χ3n) is 3.35. The molecule has 0 radical (unpaired) electrons. The summed E-state index contributed by atoms with van der Waals surface area (Å²) in [5.74, 6) is 0.360. The number of thiazole rings is 1. The third-order valence-corrected chi connectivity index (χ3v) is 4.48. The van der Waals surface area contributed by atoms with E-state index in [1.807, 2.05) is 13.0 Å². The van der Waals surface area contributed by atoms with Crippen molar-refractivity contribution in [1.29, 1.82) is 0 Å². The topological polar surface area (TPSA) is 24.9 Å². The van der Waals surface area contributed by atoms with Gasteiger partial charge in [0.2, 0.25) is 0 Å². The molecule has 0 aliphatic heterocycles. The largest absolute Gasteiger partial charge is 0.312 e.